The maximum Gasteiger partial charge on any atom is 0.298 e. The van der Waals surface area contributed by atoms with E-state index < -0.39 is 53.0 Å². The highest BCUT2D eigenvalue weighted by Crippen LogP contribution is 2.42. The van der Waals surface area contributed by atoms with Crippen molar-refractivity contribution in [2.24, 2.45) is 0 Å². The molecule has 0 atom stereocenters. The highest BCUT2D eigenvalue weighted by atomic mass is 32.2. The number of hydrogen-bond acceptors (Lipinski definition) is 9. The summed E-state index contributed by atoms with van der Waals surface area (Å²) in [7, 11) is -9.81. The second-order valence-corrected chi connectivity index (χ2v) is 11.1. The fourth-order valence-corrected chi connectivity index (χ4v) is 6.32. The maximum absolute atomic E-state index is 13.2. The molecule has 0 heterocycles. The predicted molar refractivity (Wildman–Crippen MR) is 132 cm³/mol. The number of carbonyl (C=O) groups is 2. The molecular weight excluding hydrogens is 510 g/mol. The molecular formula is C23H21N3O8S2. The van der Waals surface area contributed by atoms with Crippen molar-refractivity contribution in [1.29, 1.82) is 0 Å². The van der Waals surface area contributed by atoms with E-state index in [0.717, 1.165) is 6.07 Å². The van der Waals surface area contributed by atoms with Crippen LogP contribution >= 0.6 is 0 Å². The van der Waals surface area contributed by atoms with E-state index in [1.165, 1.54) is 39.0 Å². The molecule has 0 fully saturated rings. The summed E-state index contributed by atoms with van der Waals surface area (Å²) in [5.74, 6) is -1.30. The second kappa shape index (κ2) is 8.13. The van der Waals surface area contributed by atoms with Gasteiger partial charge in [0.25, 0.3) is 20.2 Å². The van der Waals surface area contributed by atoms with Gasteiger partial charge in [-0.2, -0.15) is 16.8 Å². The fraction of sp³-hybridized carbons (Fsp3) is 0.130. The van der Waals surface area contributed by atoms with Crippen LogP contribution in [0.2, 0.25) is 0 Å². The van der Waals surface area contributed by atoms with Gasteiger partial charge in [-0.3, -0.25) is 18.7 Å². The van der Waals surface area contributed by atoms with Crippen molar-refractivity contribution >= 4 is 54.6 Å². The first-order chi connectivity index (χ1) is 16.6. The van der Waals surface area contributed by atoms with Crippen molar-refractivity contribution < 1.29 is 35.5 Å². The van der Waals surface area contributed by atoms with Crippen LogP contribution in [0.1, 0.15) is 48.5 Å². The molecule has 13 heteroatoms. The number of rotatable bonds is 4. The first kappa shape index (κ1) is 25.3. The zero-order valence-corrected chi connectivity index (χ0v) is 20.8. The van der Waals surface area contributed by atoms with Crippen molar-refractivity contribution in [1.82, 2.24) is 0 Å². The van der Waals surface area contributed by atoms with Crippen molar-refractivity contribution in [3.8, 4) is 0 Å². The Morgan fingerprint density at radius 3 is 1.78 bits per heavy atom. The van der Waals surface area contributed by atoms with Crippen LogP contribution in [0.5, 0.6) is 0 Å². The zero-order chi connectivity index (χ0) is 26.9. The summed E-state index contributed by atoms with van der Waals surface area (Å²) in [5, 5.41) is 2.71. The van der Waals surface area contributed by atoms with E-state index in [0.29, 0.717) is 5.56 Å². The maximum atomic E-state index is 13.2. The predicted octanol–water partition coefficient (Wildman–Crippen LogP) is 2.79. The Morgan fingerprint density at radius 2 is 1.25 bits per heavy atom. The average Bonchev–Trinajstić information content (AvgIpc) is 2.77. The third kappa shape index (κ3) is 3.73. The van der Waals surface area contributed by atoms with Crippen molar-refractivity contribution in [3.05, 3.63) is 69.3 Å². The third-order valence-corrected chi connectivity index (χ3v) is 8.30. The number of nitrogen functional groups attached to an aromatic ring is 2. The minimum Gasteiger partial charge on any atom is -0.398 e. The minimum absolute atomic E-state index is 0.00440. The largest absolute Gasteiger partial charge is 0.398 e. The van der Waals surface area contributed by atoms with Crippen LogP contribution in [0.25, 0.3) is 0 Å². The summed E-state index contributed by atoms with van der Waals surface area (Å²) in [4.78, 5) is 25.0. The van der Waals surface area contributed by atoms with E-state index in [1.54, 1.807) is 6.07 Å². The molecule has 0 radical (unpaired) electrons. The van der Waals surface area contributed by atoms with Gasteiger partial charge >= 0.3 is 0 Å². The van der Waals surface area contributed by atoms with Crippen molar-refractivity contribution in [3.63, 3.8) is 0 Å². The average molecular weight is 532 g/mol. The lowest BCUT2D eigenvalue weighted by Crippen LogP contribution is -2.24. The Bertz CT molecular complexity index is 1740. The molecule has 0 aromatic heterocycles. The monoisotopic (exact) mass is 531 g/mol. The SMILES string of the molecule is Cc1c(N)c(C)c(S(=O)(=O)O)c(C)c1Nc1cc2c(c(N)c1S(=O)(=O)O)C(=O)c1ccccc1C2=O. The van der Waals surface area contributed by atoms with Gasteiger partial charge in [0, 0.05) is 28.1 Å². The van der Waals surface area contributed by atoms with E-state index in [4.69, 9.17) is 11.5 Å². The van der Waals surface area contributed by atoms with Gasteiger partial charge in [-0.05, 0) is 43.5 Å². The van der Waals surface area contributed by atoms with E-state index in [9.17, 15) is 35.5 Å². The molecule has 0 spiro atoms. The quantitative estimate of drug-likeness (QED) is 0.191. The van der Waals surface area contributed by atoms with Gasteiger partial charge in [-0.15, -0.1) is 0 Å². The lowest BCUT2D eigenvalue weighted by Gasteiger charge is -2.24. The standard InChI is InChI=1S/C23H21N3O8S2/c1-9-17(24)10(2)22(35(29,30)31)11(3)19(9)26-15-8-14-16(18(25)23(15)36(32,33)34)21(28)13-7-5-4-6-12(13)20(14)27/h4-8,26H,24-25H2,1-3H3,(H,29,30,31)(H,32,33,34). The Balaban J connectivity index is 2.06. The number of ketones is 2. The summed E-state index contributed by atoms with van der Waals surface area (Å²) >= 11 is 0. The van der Waals surface area contributed by atoms with E-state index in [-0.39, 0.29) is 44.8 Å². The molecule has 36 heavy (non-hydrogen) atoms. The van der Waals surface area contributed by atoms with Gasteiger partial charge in [0.1, 0.15) is 9.79 Å². The number of anilines is 4. The Hall–Kier alpha value is -3.78. The Kier molecular flexibility index (Phi) is 5.72. The molecule has 3 aromatic carbocycles. The number of nitrogens with one attached hydrogen (secondary N) is 1. The molecule has 0 amide bonds. The summed E-state index contributed by atoms with van der Waals surface area (Å²) in [5.41, 5.74) is 10.9. The van der Waals surface area contributed by atoms with Gasteiger partial charge in [-0.1, -0.05) is 24.3 Å². The highest BCUT2D eigenvalue weighted by Gasteiger charge is 2.36. The third-order valence-electron chi connectivity index (χ3n) is 6.22. The molecule has 188 valence electrons. The summed E-state index contributed by atoms with van der Waals surface area (Å²) < 4.78 is 68.6. The minimum atomic E-state index is -5.07. The zero-order valence-electron chi connectivity index (χ0n) is 19.2. The molecule has 0 bridgehead atoms. The van der Waals surface area contributed by atoms with Crippen LogP contribution in [0.4, 0.5) is 22.7 Å². The van der Waals surface area contributed by atoms with Crippen LogP contribution in [0.15, 0.2) is 40.1 Å². The molecule has 7 N–H and O–H groups in total. The molecule has 0 unspecified atom stereocenters. The van der Waals surface area contributed by atoms with Crippen LogP contribution < -0.4 is 16.8 Å². The summed E-state index contributed by atoms with van der Waals surface area (Å²) in [6.45, 7) is 4.26. The van der Waals surface area contributed by atoms with Crippen LogP contribution in [0, 0.1) is 20.8 Å². The van der Waals surface area contributed by atoms with E-state index in [2.05, 4.69) is 5.32 Å². The van der Waals surface area contributed by atoms with Crippen molar-refractivity contribution in [2.75, 3.05) is 16.8 Å². The van der Waals surface area contributed by atoms with Crippen molar-refractivity contribution in [2.45, 2.75) is 30.6 Å². The van der Waals surface area contributed by atoms with Gasteiger partial charge < -0.3 is 16.8 Å². The molecule has 11 nitrogen and oxygen atoms in total. The molecule has 0 saturated carbocycles. The number of carbonyl (C=O) groups excluding carboxylic acids is 2. The lowest BCUT2D eigenvalue weighted by molar-refractivity contribution is 0.0979. The molecule has 1 aliphatic rings. The van der Waals surface area contributed by atoms with Crippen LogP contribution in [-0.2, 0) is 20.2 Å². The van der Waals surface area contributed by atoms with Gasteiger partial charge in [-0.25, -0.2) is 0 Å². The number of nitrogens with two attached hydrogens (primary N) is 2. The number of fused-ring (bicyclic) bond motifs is 2. The topological polar surface area (TPSA) is 207 Å². The molecule has 0 aliphatic heterocycles. The molecule has 1 aliphatic carbocycles. The number of hydrogen-bond donors (Lipinski definition) is 5. The lowest BCUT2D eigenvalue weighted by atomic mass is 9.83. The fourth-order valence-electron chi connectivity index (χ4n) is 4.56. The first-order valence-electron chi connectivity index (χ1n) is 10.3. The molecule has 4 rings (SSSR count). The Labute approximate surface area is 206 Å². The molecule has 3 aromatic rings. The Morgan fingerprint density at radius 1 is 0.722 bits per heavy atom. The normalized spacial score (nSPS) is 13.4. The number of benzene rings is 3. The van der Waals surface area contributed by atoms with Gasteiger partial charge in [0.05, 0.1) is 16.9 Å². The van der Waals surface area contributed by atoms with Gasteiger partial charge in [0.15, 0.2) is 11.6 Å². The smallest absolute Gasteiger partial charge is 0.298 e. The summed E-state index contributed by atoms with van der Waals surface area (Å²) in [6, 6.07) is 6.97. The summed E-state index contributed by atoms with van der Waals surface area (Å²) in [6.07, 6.45) is 0. The first-order valence-corrected chi connectivity index (χ1v) is 13.2. The van der Waals surface area contributed by atoms with E-state index >= 15 is 0 Å². The van der Waals surface area contributed by atoms with Crippen LogP contribution in [-0.4, -0.2) is 37.5 Å². The van der Waals surface area contributed by atoms with Gasteiger partial charge in [0.2, 0.25) is 0 Å². The molecule has 0 saturated heterocycles. The second-order valence-electron chi connectivity index (χ2n) is 8.36. The van der Waals surface area contributed by atoms with Crippen LogP contribution in [0.3, 0.4) is 0 Å². The highest BCUT2D eigenvalue weighted by molar-refractivity contribution is 7.86. The van der Waals surface area contributed by atoms with E-state index in [1.807, 2.05) is 0 Å².